The normalized spacial score (nSPS) is 18.9. The Bertz CT molecular complexity index is 896. The van der Waals surface area contributed by atoms with Crippen LogP contribution in [0.15, 0.2) is 48.5 Å². The molecule has 4 amide bonds. The van der Waals surface area contributed by atoms with Crippen LogP contribution >= 0.6 is 11.6 Å². The Labute approximate surface area is 168 Å². The summed E-state index contributed by atoms with van der Waals surface area (Å²) in [4.78, 5) is 38.9. The zero-order valence-corrected chi connectivity index (χ0v) is 16.5. The van der Waals surface area contributed by atoms with Crippen molar-refractivity contribution in [3.05, 3.63) is 64.7 Å². The molecule has 1 saturated heterocycles. The van der Waals surface area contributed by atoms with Gasteiger partial charge in [-0.3, -0.25) is 14.5 Å². The summed E-state index contributed by atoms with van der Waals surface area (Å²) in [5.41, 5.74) is 1.22. The quantitative estimate of drug-likeness (QED) is 0.727. The van der Waals surface area contributed by atoms with Crippen LogP contribution < -0.4 is 10.6 Å². The van der Waals surface area contributed by atoms with Gasteiger partial charge < -0.3 is 10.6 Å². The van der Waals surface area contributed by atoms with Crippen molar-refractivity contribution in [3.63, 3.8) is 0 Å². The summed E-state index contributed by atoms with van der Waals surface area (Å²) >= 11 is 5.93. The maximum absolute atomic E-state index is 13.1. The highest BCUT2D eigenvalue weighted by molar-refractivity contribution is 6.30. The van der Waals surface area contributed by atoms with Crippen molar-refractivity contribution in [2.24, 2.45) is 0 Å². The van der Waals surface area contributed by atoms with Crippen LogP contribution in [-0.4, -0.2) is 29.3 Å². The number of carbonyl (C=O) groups excluding carboxylic acids is 3. The van der Waals surface area contributed by atoms with Crippen molar-refractivity contribution >= 4 is 35.1 Å². The lowest BCUT2D eigenvalue weighted by Gasteiger charge is -2.25. The molecule has 0 spiro atoms. The minimum atomic E-state index is -1.19. The van der Waals surface area contributed by atoms with Crippen molar-refractivity contribution in [1.82, 2.24) is 10.2 Å². The lowest BCUT2D eigenvalue weighted by Crippen LogP contribution is -2.44. The fourth-order valence-electron chi connectivity index (χ4n) is 3.31. The molecule has 28 heavy (non-hydrogen) atoms. The molecule has 0 bridgehead atoms. The maximum atomic E-state index is 13.1. The van der Waals surface area contributed by atoms with Gasteiger partial charge in [0.1, 0.15) is 12.1 Å². The minimum absolute atomic E-state index is 0.352. The average molecular weight is 400 g/mol. The Morgan fingerprint density at radius 2 is 1.71 bits per heavy atom. The monoisotopic (exact) mass is 399 g/mol. The number of carbonyl (C=O) groups is 3. The first kappa shape index (κ1) is 19.9. The molecule has 0 aliphatic carbocycles. The smallest absolute Gasteiger partial charge is 0.325 e. The van der Waals surface area contributed by atoms with Gasteiger partial charge in [0, 0.05) is 10.7 Å². The third kappa shape index (κ3) is 3.73. The topological polar surface area (TPSA) is 78.5 Å². The first-order chi connectivity index (χ1) is 13.4. The van der Waals surface area contributed by atoms with Gasteiger partial charge in [-0.1, -0.05) is 49.7 Å². The number of halogens is 1. The third-order valence-corrected chi connectivity index (χ3v) is 5.24. The van der Waals surface area contributed by atoms with Gasteiger partial charge in [0.15, 0.2) is 0 Å². The van der Waals surface area contributed by atoms with Crippen LogP contribution in [0.4, 0.5) is 10.5 Å². The molecule has 146 valence electrons. The molecule has 0 aromatic heterocycles. The molecule has 0 radical (unpaired) electrons. The molecule has 0 unspecified atom stereocenters. The maximum Gasteiger partial charge on any atom is 0.325 e. The van der Waals surface area contributed by atoms with Crippen molar-refractivity contribution in [2.45, 2.75) is 32.2 Å². The standard InChI is InChI=1S/C21H22ClN3O3/c1-3-14-5-11-17(12-6-14)23-18(26)13-25-19(27)21(4-2,24-20(25)28)15-7-9-16(22)10-8-15/h5-12H,3-4,13H2,1-2H3,(H,23,26)(H,24,28)/t21-/m0/s1. The number of hydrogen-bond donors (Lipinski definition) is 2. The number of hydrogen-bond acceptors (Lipinski definition) is 3. The van der Waals surface area contributed by atoms with E-state index in [2.05, 4.69) is 10.6 Å². The van der Waals surface area contributed by atoms with E-state index in [-0.39, 0.29) is 6.54 Å². The number of imide groups is 1. The molecular weight excluding hydrogens is 378 g/mol. The van der Waals surface area contributed by atoms with Gasteiger partial charge in [-0.2, -0.15) is 0 Å². The summed E-state index contributed by atoms with van der Waals surface area (Å²) in [7, 11) is 0. The van der Waals surface area contributed by atoms with Crippen LogP contribution in [0.3, 0.4) is 0 Å². The van der Waals surface area contributed by atoms with E-state index in [9.17, 15) is 14.4 Å². The summed E-state index contributed by atoms with van der Waals surface area (Å²) < 4.78 is 0. The Morgan fingerprint density at radius 3 is 2.29 bits per heavy atom. The van der Waals surface area contributed by atoms with Crippen LogP contribution in [-0.2, 0) is 21.5 Å². The highest BCUT2D eigenvalue weighted by Gasteiger charge is 2.51. The van der Waals surface area contributed by atoms with Gasteiger partial charge >= 0.3 is 6.03 Å². The molecule has 7 heteroatoms. The number of benzene rings is 2. The SMILES string of the molecule is CCc1ccc(NC(=O)CN2C(=O)N[C@@](CC)(c3ccc(Cl)cc3)C2=O)cc1. The van der Waals surface area contributed by atoms with Crippen LogP contribution in [0.1, 0.15) is 31.4 Å². The van der Waals surface area contributed by atoms with Crippen LogP contribution in [0.5, 0.6) is 0 Å². The zero-order valence-electron chi connectivity index (χ0n) is 15.8. The molecule has 2 aromatic rings. The van der Waals surface area contributed by atoms with Crippen LogP contribution in [0.25, 0.3) is 0 Å². The zero-order chi connectivity index (χ0) is 20.3. The van der Waals surface area contributed by atoms with E-state index in [1.807, 2.05) is 26.0 Å². The van der Waals surface area contributed by atoms with Crippen molar-refractivity contribution in [3.8, 4) is 0 Å². The van der Waals surface area contributed by atoms with Crippen LogP contribution in [0, 0.1) is 0 Å². The van der Waals surface area contributed by atoms with E-state index >= 15 is 0 Å². The van der Waals surface area contributed by atoms with Crippen molar-refractivity contribution in [1.29, 1.82) is 0 Å². The lowest BCUT2D eigenvalue weighted by molar-refractivity contribution is -0.134. The van der Waals surface area contributed by atoms with Gasteiger partial charge in [0.05, 0.1) is 0 Å². The molecule has 2 aromatic carbocycles. The molecule has 6 nitrogen and oxygen atoms in total. The Hall–Kier alpha value is -2.86. The first-order valence-corrected chi connectivity index (χ1v) is 9.56. The minimum Gasteiger partial charge on any atom is -0.325 e. The molecule has 1 fully saturated rings. The highest BCUT2D eigenvalue weighted by Crippen LogP contribution is 2.33. The van der Waals surface area contributed by atoms with Gasteiger partial charge in [0.25, 0.3) is 5.91 Å². The summed E-state index contributed by atoms with van der Waals surface area (Å²) in [6, 6.07) is 13.6. The third-order valence-electron chi connectivity index (χ3n) is 4.99. The summed E-state index contributed by atoms with van der Waals surface area (Å²) in [6.45, 7) is 3.51. The fourth-order valence-corrected chi connectivity index (χ4v) is 3.44. The number of anilines is 1. The van der Waals surface area contributed by atoms with Gasteiger partial charge in [-0.15, -0.1) is 0 Å². The van der Waals surface area contributed by atoms with Gasteiger partial charge in [-0.25, -0.2) is 4.79 Å². The Balaban J connectivity index is 1.75. The number of nitrogens with one attached hydrogen (secondary N) is 2. The molecule has 2 N–H and O–H groups in total. The van der Waals surface area contributed by atoms with E-state index in [1.54, 1.807) is 36.4 Å². The molecule has 0 saturated carbocycles. The average Bonchev–Trinajstić information content (AvgIpc) is 2.94. The Morgan fingerprint density at radius 1 is 1.07 bits per heavy atom. The second kappa shape index (κ2) is 8.02. The molecule has 3 rings (SSSR count). The van der Waals surface area contributed by atoms with E-state index < -0.39 is 23.4 Å². The van der Waals surface area contributed by atoms with E-state index in [1.165, 1.54) is 0 Å². The highest BCUT2D eigenvalue weighted by atomic mass is 35.5. The predicted molar refractivity (Wildman–Crippen MR) is 108 cm³/mol. The predicted octanol–water partition coefficient (Wildman–Crippen LogP) is 3.70. The summed E-state index contributed by atoms with van der Waals surface area (Å²) in [5, 5.41) is 6.01. The molecule has 1 atom stereocenters. The summed E-state index contributed by atoms with van der Waals surface area (Å²) in [6.07, 6.45) is 1.26. The van der Waals surface area contributed by atoms with Crippen molar-refractivity contribution < 1.29 is 14.4 Å². The molecular formula is C21H22ClN3O3. The number of nitrogens with zero attached hydrogens (tertiary/aromatic N) is 1. The molecule has 1 aliphatic rings. The lowest BCUT2D eigenvalue weighted by atomic mass is 9.87. The number of urea groups is 1. The fraction of sp³-hybridized carbons (Fsp3) is 0.286. The molecule has 1 heterocycles. The van der Waals surface area contributed by atoms with E-state index in [4.69, 9.17) is 11.6 Å². The Kier molecular flexibility index (Phi) is 5.70. The van der Waals surface area contributed by atoms with E-state index in [0.717, 1.165) is 16.9 Å². The first-order valence-electron chi connectivity index (χ1n) is 9.18. The number of amides is 4. The second-order valence-electron chi connectivity index (χ2n) is 6.69. The van der Waals surface area contributed by atoms with E-state index in [0.29, 0.717) is 22.7 Å². The van der Waals surface area contributed by atoms with Gasteiger partial charge in [0.2, 0.25) is 5.91 Å². The van der Waals surface area contributed by atoms with Crippen LogP contribution in [0.2, 0.25) is 5.02 Å². The summed E-state index contributed by atoms with van der Waals surface area (Å²) in [5.74, 6) is -0.880. The van der Waals surface area contributed by atoms with Gasteiger partial charge in [-0.05, 0) is 48.2 Å². The molecule has 1 aliphatic heterocycles. The largest absolute Gasteiger partial charge is 0.325 e. The number of rotatable bonds is 6. The number of aryl methyl sites for hydroxylation is 1. The second-order valence-corrected chi connectivity index (χ2v) is 7.12. The van der Waals surface area contributed by atoms with Crippen molar-refractivity contribution in [2.75, 3.05) is 11.9 Å².